The predicted octanol–water partition coefficient (Wildman–Crippen LogP) is 2.73. The molecular weight excluding hydrogens is 378 g/mol. The van der Waals surface area contributed by atoms with Crippen LogP contribution in [0.4, 0.5) is 5.69 Å². The number of anilines is 1. The lowest BCUT2D eigenvalue weighted by Gasteiger charge is -2.27. The summed E-state index contributed by atoms with van der Waals surface area (Å²) in [6.07, 6.45) is 2.36. The molecule has 0 radical (unpaired) electrons. The number of hydrogen-bond donors (Lipinski definition) is 2. The van der Waals surface area contributed by atoms with Crippen molar-refractivity contribution in [3.05, 3.63) is 29.3 Å². The van der Waals surface area contributed by atoms with Crippen LogP contribution < -0.4 is 5.32 Å². The lowest BCUT2D eigenvalue weighted by atomic mass is 9.78. The molecule has 2 saturated carbocycles. The molecule has 2 fully saturated rings. The molecule has 156 valence electrons. The molecule has 0 spiro atoms. The highest BCUT2D eigenvalue weighted by Gasteiger charge is 2.54. The van der Waals surface area contributed by atoms with Gasteiger partial charge in [0.2, 0.25) is 5.91 Å². The van der Waals surface area contributed by atoms with Gasteiger partial charge >= 0.3 is 17.9 Å². The summed E-state index contributed by atoms with van der Waals surface area (Å²) in [7, 11) is 0. The van der Waals surface area contributed by atoms with E-state index in [9.17, 15) is 24.3 Å². The predicted molar refractivity (Wildman–Crippen MR) is 102 cm³/mol. The minimum atomic E-state index is -0.969. The third-order valence-corrected chi connectivity index (χ3v) is 5.79. The van der Waals surface area contributed by atoms with E-state index in [4.69, 9.17) is 9.47 Å². The maximum atomic E-state index is 13.0. The smallest absolute Gasteiger partial charge is 0.340 e. The van der Waals surface area contributed by atoms with Crippen LogP contribution >= 0.6 is 0 Å². The normalized spacial score (nSPS) is 24.8. The summed E-state index contributed by atoms with van der Waals surface area (Å²) in [5.74, 6) is -4.01. The number of fused-ring (bicyclic) bond motifs is 2. The number of benzene rings is 1. The lowest BCUT2D eigenvalue weighted by molar-refractivity contribution is -0.148. The zero-order valence-corrected chi connectivity index (χ0v) is 16.5. The van der Waals surface area contributed by atoms with Crippen LogP contribution in [-0.4, -0.2) is 42.1 Å². The van der Waals surface area contributed by atoms with Crippen molar-refractivity contribution in [1.29, 1.82) is 0 Å². The van der Waals surface area contributed by atoms with Gasteiger partial charge < -0.3 is 19.9 Å². The molecule has 0 aromatic heterocycles. The third-order valence-electron chi connectivity index (χ3n) is 5.79. The Bertz CT molecular complexity index is 834. The highest BCUT2D eigenvalue weighted by molar-refractivity contribution is 6.04. The molecule has 2 aliphatic rings. The van der Waals surface area contributed by atoms with Crippen molar-refractivity contribution in [2.75, 3.05) is 18.5 Å². The number of amides is 1. The maximum absolute atomic E-state index is 13.0. The zero-order chi connectivity index (χ0) is 21.1. The van der Waals surface area contributed by atoms with Crippen molar-refractivity contribution in [1.82, 2.24) is 0 Å². The fourth-order valence-corrected chi connectivity index (χ4v) is 4.62. The zero-order valence-electron chi connectivity index (χ0n) is 16.5. The number of carboxylic acid groups (broad SMARTS) is 1. The van der Waals surface area contributed by atoms with Crippen molar-refractivity contribution < 1.29 is 33.8 Å². The summed E-state index contributed by atoms with van der Waals surface area (Å²) in [5, 5.41) is 12.3. The van der Waals surface area contributed by atoms with Gasteiger partial charge in [-0.1, -0.05) is 0 Å². The maximum Gasteiger partial charge on any atom is 0.340 e. The van der Waals surface area contributed by atoms with Gasteiger partial charge in [0.1, 0.15) is 0 Å². The van der Waals surface area contributed by atoms with Gasteiger partial charge in [-0.25, -0.2) is 9.59 Å². The molecule has 2 aliphatic carbocycles. The Labute approximate surface area is 168 Å². The molecule has 8 nitrogen and oxygen atoms in total. The van der Waals surface area contributed by atoms with Crippen molar-refractivity contribution in [2.24, 2.45) is 23.7 Å². The van der Waals surface area contributed by atoms with Gasteiger partial charge in [0.25, 0.3) is 0 Å². The third kappa shape index (κ3) is 4.11. The topological polar surface area (TPSA) is 119 Å². The van der Waals surface area contributed by atoms with E-state index >= 15 is 0 Å². The summed E-state index contributed by atoms with van der Waals surface area (Å²) >= 11 is 0. The van der Waals surface area contributed by atoms with E-state index in [2.05, 4.69) is 5.32 Å². The van der Waals surface area contributed by atoms with Crippen molar-refractivity contribution in [3.8, 4) is 0 Å². The van der Waals surface area contributed by atoms with Crippen LogP contribution in [0.1, 0.15) is 53.8 Å². The van der Waals surface area contributed by atoms with Gasteiger partial charge in [-0.15, -0.1) is 0 Å². The van der Waals surface area contributed by atoms with Crippen LogP contribution in [0, 0.1) is 23.7 Å². The Hall–Kier alpha value is -2.90. The Morgan fingerprint density at radius 3 is 2.24 bits per heavy atom. The van der Waals surface area contributed by atoms with E-state index in [1.165, 1.54) is 18.2 Å². The average Bonchev–Trinajstić information content (AvgIpc) is 3.29. The molecule has 2 bridgehead atoms. The number of rotatable bonds is 7. The Balaban J connectivity index is 1.90. The van der Waals surface area contributed by atoms with Gasteiger partial charge in [0.05, 0.1) is 41.9 Å². The van der Waals surface area contributed by atoms with Crippen LogP contribution in [0.5, 0.6) is 0 Å². The van der Waals surface area contributed by atoms with Crippen LogP contribution in [0.25, 0.3) is 0 Å². The minimum absolute atomic E-state index is 0.00337. The highest BCUT2D eigenvalue weighted by atomic mass is 16.5. The summed E-state index contributed by atoms with van der Waals surface area (Å²) in [4.78, 5) is 49.1. The van der Waals surface area contributed by atoms with E-state index in [-0.39, 0.29) is 41.9 Å². The molecule has 3 rings (SSSR count). The molecule has 29 heavy (non-hydrogen) atoms. The molecule has 0 saturated heterocycles. The summed E-state index contributed by atoms with van der Waals surface area (Å²) < 4.78 is 10.0. The van der Waals surface area contributed by atoms with Crippen LogP contribution in [-0.2, 0) is 19.1 Å². The standard InChI is InChI=1S/C21H25NO7/c1-3-28-20(26)13-7-8-14(21(27)29-4-2)15(10-13)22-18(23)16-11-5-6-12(9-11)17(16)19(24)25/h7-8,10-12,16-17H,3-6,9H2,1-2H3,(H,22,23)(H,24,25)/t11-,12+,16-,17+/m1/s1. The number of aliphatic carboxylic acids is 1. The number of carboxylic acids is 1. The second-order valence-corrected chi connectivity index (χ2v) is 7.41. The number of carbonyl (C=O) groups is 4. The highest BCUT2D eigenvalue weighted by Crippen LogP contribution is 2.52. The van der Waals surface area contributed by atoms with E-state index in [0.29, 0.717) is 0 Å². The van der Waals surface area contributed by atoms with Crippen molar-refractivity contribution in [3.63, 3.8) is 0 Å². The van der Waals surface area contributed by atoms with Crippen molar-refractivity contribution >= 4 is 29.5 Å². The Kier molecular flexibility index (Phi) is 6.20. The second kappa shape index (κ2) is 8.63. The number of nitrogens with one attached hydrogen (secondary N) is 1. The van der Waals surface area contributed by atoms with E-state index in [0.717, 1.165) is 19.3 Å². The first-order chi connectivity index (χ1) is 13.9. The van der Waals surface area contributed by atoms with Gasteiger partial charge in [-0.3, -0.25) is 9.59 Å². The van der Waals surface area contributed by atoms with Crippen LogP contribution in [0.3, 0.4) is 0 Å². The van der Waals surface area contributed by atoms with Crippen LogP contribution in [0.15, 0.2) is 18.2 Å². The number of hydrogen-bond acceptors (Lipinski definition) is 6. The molecule has 0 heterocycles. The summed E-state index contributed by atoms with van der Waals surface area (Å²) in [6.45, 7) is 3.68. The molecule has 0 unspecified atom stereocenters. The molecule has 2 N–H and O–H groups in total. The summed E-state index contributed by atoms with van der Waals surface area (Å²) in [6, 6.07) is 4.19. The monoisotopic (exact) mass is 403 g/mol. The lowest BCUT2D eigenvalue weighted by Crippen LogP contribution is -2.38. The largest absolute Gasteiger partial charge is 0.481 e. The fourth-order valence-electron chi connectivity index (χ4n) is 4.62. The Morgan fingerprint density at radius 1 is 1.00 bits per heavy atom. The number of ether oxygens (including phenoxy) is 2. The fraction of sp³-hybridized carbons (Fsp3) is 0.524. The molecular formula is C21H25NO7. The van der Waals surface area contributed by atoms with Crippen molar-refractivity contribution in [2.45, 2.75) is 33.1 Å². The first-order valence-electron chi connectivity index (χ1n) is 9.89. The van der Waals surface area contributed by atoms with Crippen LogP contribution in [0.2, 0.25) is 0 Å². The minimum Gasteiger partial charge on any atom is -0.481 e. The van der Waals surface area contributed by atoms with Gasteiger partial charge in [-0.2, -0.15) is 0 Å². The first-order valence-corrected chi connectivity index (χ1v) is 9.89. The SMILES string of the molecule is CCOC(=O)c1ccc(C(=O)OCC)c(NC(=O)[C@@H]2[C@@H]3CC[C@@H](C3)[C@@H]2C(=O)O)c1. The summed E-state index contributed by atoms with van der Waals surface area (Å²) in [5.41, 5.74) is 0.395. The molecule has 1 aromatic carbocycles. The first kappa shape index (κ1) is 20.8. The molecule has 0 aliphatic heterocycles. The number of carbonyl (C=O) groups excluding carboxylic acids is 3. The average molecular weight is 403 g/mol. The Morgan fingerprint density at radius 2 is 1.62 bits per heavy atom. The second-order valence-electron chi connectivity index (χ2n) is 7.41. The quantitative estimate of drug-likeness (QED) is 0.672. The van der Waals surface area contributed by atoms with Gasteiger partial charge in [0, 0.05) is 0 Å². The van der Waals surface area contributed by atoms with E-state index in [1.807, 2.05) is 0 Å². The van der Waals surface area contributed by atoms with E-state index in [1.54, 1.807) is 13.8 Å². The van der Waals surface area contributed by atoms with Gasteiger partial charge in [0.15, 0.2) is 0 Å². The molecule has 1 amide bonds. The molecule has 8 heteroatoms. The van der Waals surface area contributed by atoms with Gasteiger partial charge in [-0.05, 0) is 63.1 Å². The molecule has 1 aromatic rings. The number of esters is 2. The van der Waals surface area contributed by atoms with E-state index < -0.39 is 35.7 Å². The molecule has 4 atom stereocenters.